The molecular formula is C23H24BrFN6O2. The summed E-state index contributed by atoms with van der Waals surface area (Å²) in [5, 5.41) is 5.75. The summed E-state index contributed by atoms with van der Waals surface area (Å²) in [4.78, 5) is 26.0. The third-order valence-electron chi connectivity index (χ3n) is 5.39. The van der Waals surface area contributed by atoms with Crippen molar-refractivity contribution in [2.45, 2.75) is 0 Å². The molecule has 1 saturated heterocycles. The summed E-state index contributed by atoms with van der Waals surface area (Å²) in [5.74, 6) is -0.725. The van der Waals surface area contributed by atoms with Crippen molar-refractivity contribution in [3.8, 4) is 5.75 Å². The first-order chi connectivity index (χ1) is 15.9. The number of hydrogen-bond acceptors (Lipinski definition) is 7. The molecule has 0 spiro atoms. The van der Waals surface area contributed by atoms with Crippen LogP contribution in [0.3, 0.4) is 0 Å². The van der Waals surface area contributed by atoms with E-state index in [1.165, 1.54) is 31.5 Å². The van der Waals surface area contributed by atoms with Crippen molar-refractivity contribution < 1.29 is 13.9 Å². The van der Waals surface area contributed by atoms with Crippen LogP contribution in [0.2, 0.25) is 0 Å². The van der Waals surface area contributed by atoms with E-state index in [1.807, 2.05) is 12.1 Å². The lowest BCUT2D eigenvalue weighted by Crippen LogP contribution is -2.44. The third kappa shape index (κ3) is 5.40. The van der Waals surface area contributed by atoms with Gasteiger partial charge >= 0.3 is 0 Å². The van der Waals surface area contributed by atoms with Gasteiger partial charge in [0.25, 0.3) is 5.91 Å². The van der Waals surface area contributed by atoms with Gasteiger partial charge in [-0.15, -0.1) is 0 Å². The number of methoxy groups -OCH3 is 1. The van der Waals surface area contributed by atoms with Gasteiger partial charge in [-0.25, -0.2) is 9.37 Å². The highest BCUT2D eigenvalue weighted by Crippen LogP contribution is 2.26. The fourth-order valence-electron chi connectivity index (χ4n) is 3.53. The highest BCUT2D eigenvalue weighted by atomic mass is 79.9. The molecule has 4 rings (SSSR count). The van der Waals surface area contributed by atoms with Gasteiger partial charge in [0.2, 0.25) is 5.95 Å². The Hall–Kier alpha value is -3.24. The molecule has 0 saturated carbocycles. The predicted molar refractivity (Wildman–Crippen MR) is 130 cm³/mol. The number of carbonyl (C=O) groups is 1. The number of carbonyl (C=O) groups excluding carboxylic acids is 1. The lowest BCUT2D eigenvalue weighted by Gasteiger charge is -2.34. The highest BCUT2D eigenvalue weighted by Gasteiger charge is 2.20. The molecular weight excluding hydrogens is 491 g/mol. The number of likely N-dealkylation sites (N-methyl/N-ethyl adjacent to an activating group) is 1. The number of amides is 1. The fraction of sp³-hybridized carbons (Fsp3) is 0.261. The van der Waals surface area contributed by atoms with Gasteiger partial charge in [-0.05, 0) is 59.4 Å². The van der Waals surface area contributed by atoms with Crippen LogP contribution in [-0.4, -0.2) is 61.1 Å². The number of aromatic nitrogens is 2. The lowest BCUT2D eigenvalue weighted by molar-refractivity contribution is 0.101. The zero-order chi connectivity index (χ0) is 23.4. The predicted octanol–water partition coefficient (Wildman–Crippen LogP) is 4.13. The van der Waals surface area contributed by atoms with E-state index in [9.17, 15) is 9.18 Å². The number of benzene rings is 2. The van der Waals surface area contributed by atoms with Crippen molar-refractivity contribution in [1.29, 1.82) is 0 Å². The van der Waals surface area contributed by atoms with Crippen molar-refractivity contribution in [3.05, 3.63) is 64.5 Å². The zero-order valence-electron chi connectivity index (χ0n) is 18.3. The second-order valence-electron chi connectivity index (χ2n) is 7.62. The minimum atomic E-state index is -0.684. The maximum atomic E-state index is 14.2. The van der Waals surface area contributed by atoms with E-state index in [4.69, 9.17) is 4.74 Å². The Labute approximate surface area is 199 Å². The molecule has 0 aliphatic carbocycles. The van der Waals surface area contributed by atoms with Gasteiger partial charge < -0.3 is 25.2 Å². The first-order valence-electron chi connectivity index (χ1n) is 10.4. The average Bonchev–Trinajstić information content (AvgIpc) is 2.82. The summed E-state index contributed by atoms with van der Waals surface area (Å²) in [5.41, 5.74) is 1.78. The molecule has 0 radical (unpaired) electrons. The molecule has 10 heteroatoms. The monoisotopic (exact) mass is 514 g/mol. The van der Waals surface area contributed by atoms with E-state index in [-0.39, 0.29) is 17.1 Å². The van der Waals surface area contributed by atoms with Crippen molar-refractivity contribution >= 4 is 45.0 Å². The summed E-state index contributed by atoms with van der Waals surface area (Å²) in [6.45, 7) is 4.07. The van der Waals surface area contributed by atoms with Gasteiger partial charge in [-0.1, -0.05) is 6.07 Å². The molecule has 2 aromatic carbocycles. The van der Waals surface area contributed by atoms with Gasteiger partial charge in [-0.2, -0.15) is 4.98 Å². The first kappa shape index (κ1) is 22.9. The summed E-state index contributed by atoms with van der Waals surface area (Å²) in [6, 6.07) is 12.2. The number of hydrogen-bond donors (Lipinski definition) is 2. The molecule has 1 aromatic heterocycles. The summed E-state index contributed by atoms with van der Waals surface area (Å²) >= 11 is 3.33. The van der Waals surface area contributed by atoms with Crippen LogP contribution in [0.4, 0.5) is 27.5 Å². The Kier molecular flexibility index (Phi) is 7.05. The molecule has 0 unspecified atom stereocenters. The van der Waals surface area contributed by atoms with Crippen molar-refractivity contribution in [1.82, 2.24) is 14.9 Å². The molecule has 1 amide bonds. The van der Waals surface area contributed by atoms with E-state index in [1.54, 1.807) is 0 Å². The van der Waals surface area contributed by atoms with Crippen LogP contribution >= 0.6 is 15.9 Å². The molecule has 3 aromatic rings. The Bertz CT molecular complexity index is 1140. The van der Waals surface area contributed by atoms with E-state index in [2.05, 4.69) is 65.5 Å². The second-order valence-corrected chi connectivity index (χ2v) is 8.48. The number of piperazine rings is 1. The third-order valence-corrected chi connectivity index (χ3v) is 5.97. The SMILES string of the molecule is COc1cccc(F)c1C(=O)Nc1nc(Nc2ccc(N3CCN(C)CC3)cc2)ncc1Br. The largest absolute Gasteiger partial charge is 0.496 e. The van der Waals surface area contributed by atoms with E-state index >= 15 is 0 Å². The lowest BCUT2D eigenvalue weighted by atomic mass is 10.1. The Morgan fingerprint density at radius 3 is 2.55 bits per heavy atom. The van der Waals surface area contributed by atoms with Gasteiger partial charge in [0.05, 0.1) is 11.6 Å². The Balaban J connectivity index is 1.47. The van der Waals surface area contributed by atoms with E-state index in [0.717, 1.165) is 37.6 Å². The molecule has 0 bridgehead atoms. The summed E-state index contributed by atoms with van der Waals surface area (Å²) < 4.78 is 19.8. The molecule has 172 valence electrons. The standard InChI is InChI=1S/C23H24BrFN6O2/c1-30-10-12-31(13-11-30)16-8-6-15(7-9-16)27-23-26-14-17(24)21(29-23)28-22(32)20-18(25)4-3-5-19(20)33-2/h3-9,14H,10-13H2,1-2H3,(H2,26,27,28,29,32). The fourth-order valence-corrected chi connectivity index (χ4v) is 3.82. The molecule has 1 fully saturated rings. The average molecular weight is 515 g/mol. The number of ether oxygens (including phenoxy) is 1. The first-order valence-corrected chi connectivity index (χ1v) is 11.2. The van der Waals surface area contributed by atoms with Crippen molar-refractivity contribution in [2.75, 3.05) is 55.9 Å². The van der Waals surface area contributed by atoms with Gasteiger partial charge in [-0.3, -0.25) is 4.79 Å². The second kappa shape index (κ2) is 10.1. The smallest absolute Gasteiger partial charge is 0.263 e. The molecule has 1 aliphatic rings. The molecule has 1 aliphatic heterocycles. The van der Waals surface area contributed by atoms with E-state index in [0.29, 0.717) is 10.4 Å². The number of anilines is 4. The maximum absolute atomic E-state index is 14.2. The molecule has 2 heterocycles. The molecule has 8 nitrogen and oxygen atoms in total. The molecule has 0 atom stereocenters. The minimum Gasteiger partial charge on any atom is -0.496 e. The van der Waals surface area contributed by atoms with Crippen molar-refractivity contribution in [3.63, 3.8) is 0 Å². The number of nitrogens with zero attached hydrogens (tertiary/aromatic N) is 4. The minimum absolute atomic E-state index is 0.136. The summed E-state index contributed by atoms with van der Waals surface area (Å²) in [7, 11) is 3.51. The maximum Gasteiger partial charge on any atom is 0.263 e. The van der Waals surface area contributed by atoms with E-state index < -0.39 is 11.7 Å². The van der Waals surface area contributed by atoms with Crippen LogP contribution in [0.15, 0.2) is 53.1 Å². The topological polar surface area (TPSA) is 82.6 Å². The van der Waals surface area contributed by atoms with Crippen LogP contribution in [0.5, 0.6) is 5.75 Å². The zero-order valence-corrected chi connectivity index (χ0v) is 19.9. The van der Waals surface area contributed by atoms with Gasteiger partial charge in [0.15, 0.2) is 5.82 Å². The Morgan fingerprint density at radius 1 is 1.12 bits per heavy atom. The number of rotatable bonds is 6. The van der Waals surface area contributed by atoms with Crippen LogP contribution in [0.1, 0.15) is 10.4 Å². The van der Waals surface area contributed by atoms with Crippen LogP contribution in [0.25, 0.3) is 0 Å². The van der Waals surface area contributed by atoms with Crippen LogP contribution in [-0.2, 0) is 0 Å². The molecule has 33 heavy (non-hydrogen) atoms. The van der Waals surface area contributed by atoms with Crippen LogP contribution in [0, 0.1) is 5.82 Å². The van der Waals surface area contributed by atoms with Gasteiger partial charge in [0.1, 0.15) is 17.1 Å². The van der Waals surface area contributed by atoms with Crippen molar-refractivity contribution in [2.24, 2.45) is 0 Å². The molecule has 2 N–H and O–H groups in total. The highest BCUT2D eigenvalue weighted by molar-refractivity contribution is 9.10. The Morgan fingerprint density at radius 2 is 1.85 bits per heavy atom. The number of nitrogens with one attached hydrogen (secondary N) is 2. The normalized spacial score (nSPS) is 14.1. The van der Waals surface area contributed by atoms with Crippen LogP contribution < -0.4 is 20.3 Å². The van der Waals surface area contributed by atoms with Gasteiger partial charge in [0, 0.05) is 43.8 Å². The number of halogens is 2. The summed E-state index contributed by atoms with van der Waals surface area (Å²) in [6.07, 6.45) is 1.52. The quantitative estimate of drug-likeness (QED) is 0.511.